The lowest BCUT2D eigenvalue weighted by atomic mass is 10.1. The topological polar surface area (TPSA) is 54.6 Å². The number of hydrogen-bond acceptors (Lipinski definition) is 4. The Balaban J connectivity index is 1.55. The molecule has 4 nitrogen and oxygen atoms in total. The molecule has 2 N–H and O–H groups in total. The monoisotopic (exact) mass is 301 g/mol. The molecule has 1 aliphatic heterocycles. The molecule has 1 aromatic carbocycles. The summed E-state index contributed by atoms with van der Waals surface area (Å²) in [5.74, 6) is 1.78. The van der Waals surface area contributed by atoms with E-state index in [1.807, 2.05) is 36.4 Å². The van der Waals surface area contributed by atoms with Gasteiger partial charge in [-0.1, -0.05) is 24.3 Å². The average molecular weight is 301 g/mol. The molecule has 22 heavy (non-hydrogen) atoms. The van der Waals surface area contributed by atoms with Gasteiger partial charge >= 0.3 is 0 Å². The molecule has 0 saturated carbocycles. The summed E-state index contributed by atoms with van der Waals surface area (Å²) in [5.41, 5.74) is 1.93. The highest BCUT2D eigenvalue weighted by Gasteiger charge is 2.14. The van der Waals surface area contributed by atoms with Crippen molar-refractivity contribution in [1.82, 2.24) is 5.32 Å². The summed E-state index contributed by atoms with van der Waals surface area (Å²) in [6.07, 6.45) is 2.22. The molecular weight excluding hydrogens is 278 g/mol. The standard InChI is InChI=1S/C18H23NO3/c1-13(20)14-4-6-15(7-5-14)18-9-8-17(22-18)12-19-11-16-3-2-10-21-16/h4-9,13,16,19-20H,2-3,10-12H2,1H3/t13-,16-/m1/s1. The van der Waals surface area contributed by atoms with Crippen LogP contribution in [-0.2, 0) is 11.3 Å². The van der Waals surface area contributed by atoms with Crippen molar-refractivity contribution in [2.75, 3.05) is 13.2 Å². The second-order valence-electron chi connectivity index (χ2n) is 5.83. The summed E-state index contributed by atoms with van der Waals surface area (Å²) in [6.45, 7) is 4.24. The normalized spacial score (nSPS) is 19.5. The van der Waals surface area contributed by atoms with Gasteiger partial charge in [-0.3, -0.25) is 0 Å². The van der Waals surface area contributed by atoms with Crippen molar-refractivity contribution in [3.8, 4) is 11.3 Å². The van der Waals surface area contributed by atoms with E-state index in [9.17, 15) is 5.11 Å². The quantitative estimate of drug-likeness (QED) is 0.860. The number of rotatable bonds is 6. The number of ether oxygens (including phenoxy) is 1. The van der Waals surface area contributed by atoms with Gasteiger partial charge in [-0.25, -0.2) is 0 Å². The Morgan fingerprint density at radius 3 is 2.73 bits per heavy atom. The fourth-order valence-corrected chi connectivity index (χ4v) is 2.72. The fourth-order valence-electron chi connectivity index (χ4n) is 2.72. The Labute approximate surface area is 131 Å². The van der Waals surface area contributed by atoms with Gasteiger partial charge in [0.1, 0.15) is 11.5 Å². The minimum atomic E-state index is -0.441. The molecule has 0 spiro atoms. The van der Waals surface area contributed by atoms with Crippen molar-refractivity contribution in [1.29, 1.82) is 0 Å². The number of benzene rings is 1. The van der Waals surface area contributed by atoms with E-state index < -0.39 is 6.10 Å². The number of nitrogens with one attached hydrogen (secondary N) is 1. The summed E-state index contributed by atoms with van der Waals surface area (Å²) < 4.78 is 11.5. The van der Waals surface area contributed by atoms with Crippen LogP contribution in [0.3, 0.4) is 0 Å². The van der Waals surface area contributed by atoms with Gasteiger partial charge in [0, 0.05) is 18.7 Å². The Morgan fingerprint density at radius 2 is 2.05 bits per heavy atom. The predicted octanol–water partition coefficient (Wildman–Crippen LogP) is 3.27. The number of furan rings is 1. The first-order valence-corrected chi connectivity index (χ1v) is 7.92. The third-order valence-electron chi connectivity index (χ3n) is 4.03. The molecular formula is C18H23NO3. The van der Waals surface area contributed by atoms with Crippen molar-refractivity contribution in [3.63, 3.8) is 0 Å². The Hall–Kier alpha value is -1.62. The van der Waals surface area contributed by atoms with E-state index in [2.05, 4.69) is 5.32 Å². The highest BCUT2D eigenvalue weighted by Crippen LogP contribution is 2.24. The summed E-state index contributed by atoms with van der Waals surface area (Å²) in [7, 11) is 0. The van der Waals surface area contributed by atoms with Crippen LogP contribution in [0.4, 0.5) is 0 Å². The van der Waals surface area contributed by atoms with Gasteiger partial charge in [-0.2, -0.15) is 0 Å². The van der Waals surface area contributed by atoms with Gasteiger partial charge in [0.05, 0.1) is 18.8 Å². The van der Waals surface area contributed by atoms with E-state index in [-0.39, 0.29) is 0 Å². The summed E-state index contributed by atoms with van der Waals surface area (Å²) >= 11 is 0. The zero-order valence-electron chi connectivity index (χ0n) is 12.9. The van der Waals surface area contributed by atoms with E-state index in [1.54, 1.807) is 6.92 Å². The van der Waals surface area contributed by atoms with Crippen molar-refractivity contribution < 1.29 is 14.3 Å². The highest BCUT2D eigenvalue weighted by atomic mass is 16.5. The Bertz CT molecular complexity index is 583. The summed E-state index contributed by atoms with van der Waals surface area (Å²) in [4.78, 5) is 0. The van der Waals surface area contributed by atoms with Gasteiger partial charge in [-0.05, 0) is 37.5 Å². The van der Waals surface area contributed by atoms with E-state index in [0.717, 1.165) is 42.2 Å². The number of hydrogen-bond donors (Lipinski definition) is 2. The molecule has 2 aromatic rings. The van der Waals surface area contributed by atoms with Crippen molar-refractivity contribution in [2.24, 2.45) is 0 Å². The second-order valence-corrected chi connectivity index (χ2v) is 5.83. The van der Waals surface area contributed by atoms with Gasteiger partial charge in [0.15, 0.2) is 0 Å². The minimum absolute atomic E-state index is 0.349. The maximum Gasteiger partial charge on any atom is 0.134 e. The van der Waals surface area contributed by atoms with Crippen LogP contribution in [0, 0.1) is 0 Å². The zero-order chi connectivity index (χ0) is 15.4. The highest BCUT2D eigenvalue weighted by molar-refractivity contribution is 5.58. The molecule has 4 heteroatoms. The van der Waals surface area contributed by atoms with Crippen molar-refractivity contribution >= 4 is 0 Å². The molecule has 0 amide bonds. The van der Waals surface area contributed by atoms with Gasteiger partial charge in [0.2, 0.25) is 0 Å². The van der Waals surface area contributed by atoms with Gasteiger partial charge in [0.25, 0.3) is 0 Å². The SMILES string of the molecule is C[C@@H](O)c1ccc(-c2ccc(CNC[C@H]3CCCO3)o2)cc1. The van der Waals surface area contributed by atoms with Crippen molar-refractivity contribution in [3.05, 3.63) is 47.7 Å². The molecule has 0 unspecified atom stereocenters. The molecule has 0 radical (unpaired) electrons. The first-order chi connectivity index (χ1) is 10.7. The minimum Gasteiger partial charge on any atom is -0.460 e. The van der Waals surface area contributed by atoms with Crippen LogP contribution in [0.2, 0.25) is 0 Å². The first kappa shape index (κ1) is 15.3. The third kappa shape index (κ3) is 3.77. The summed E-state index contributed by atoms with van der Waals surface area (Å²) in [6, 6.07) is 11.8. The van der Waals surface area contributed by atoms with E-state index >= 15 is 0 Å². The molecule has 1 saturated heterocycles. The maximum absolute atomic E-state index is 9.53. The molecule has 1 aliphatic rings. The maximum atomic E-state index is 9.53. The zero-order valence-corrected chi connectivity index (χ0v) is 12.9. The number of aliphatic hydroxyl groups excluding tert-OH is 1. The van der Waals surface area contributed by atoms with Crippen molar-refractivity contribution in [2.45, 2.75) is 38.5 Å². The van der Waals surface area contributed by atoms with Crippen LogP contribution in [-0.4, -0.2) is 24.4 Å². The molecule has 0 bridgehead atoms. The molecule has 1 fully saturated rings. The molecule has 118 valence electrons. The van der Waals surface area contributed by atoms with Crippen LogP contribution < -0.4 is 5.32 Å². The smallest absolute Gasteiger partial charge is 0.134 e. The summed E-state index contributed by atoms with van der Waals surface area (Å²) in [5, 5.41) is 12.9. The van der Waals surface area contributed by atoms with E-state index in [4.69, 9.17) is 9.15 Å². The lowest BCUT2D eigenvalue weighted by Gasteiger charge is -2.09. The molecule has 0 aliphatic carbocycles. The molecule has 1 aromatic heterocycles. The second kappa shape index (κ2) is 7.09. The molecule has 2 heterocycles. The Kier molecular flexibility index (Phi) is 4.93. The lowest BCUT2D eigenvalue weighted by Crippen LogP contribution is -2.25. The fraction of sp³-hybridized carbons (Fsp3) is 0.444. The van der Waals surface area contributed by atoms with Crippen LogP contribution in [0.1, 0.15) is 37.2 Å². The molecule has 2 atom stereocenters. The first-order valence-electron chi connectivity index (χ1n) is 7.92. The van der Waals surface area contributed by atoms with Crippen LogP contribution in [0.25, 0.3) is 11.3 Å². The average Bonchev–Trinajstić information content (AvgIpc) is 3.19. The van der Waals surface area contributed by atoms with Crippen LogP contribution >= 0.6 is 0 Å². The lowest BCUT2D eigenvalue weighted by molar-refractivity contribution is 0.109. The van der Waals surface area contributed by atoms with Gasteiger partial charge < -0.3 is 19.6 Å². The van der Waals surface area contributed by atoms with Gasteiger partial charge in [-0.15, -0.1) is 0 Å². The predicted molar refractivity (Wildman–Crippen MR) is 85.5 cm³/mol. The third-order valence-corrected chi connectivity index (χ3v) is 4.03. The number of aliphatic hydroxyl groups is 1. The Morgan fingerprint density at radius 1 is 1.23 bits per heavy atom. The largest absolute Gasteiger partial charge is 0.460 e. The van der Waals surface area contributed by atoms with Crippen LogP contribution in [0.5, 0.6) is 0 Å². The molecule has 3 rings (SSSR count). The van der Waals surface area contributed by atoms with Crippen LogP contribution in [0.15, 0.2) is 40.8 Å². The van der Waals surface area contributed by atoms with E-state index in [1.165, 1.54) is 6.42 Å². The van der Waals surface area contributed by atoms with E-state index in [0.29, 0.717) is 12.6 Å².